The maximum absolute atomic E-state index is 14.1. The van der Waals surface area contributed by atoms with Gasteiger partial charge < -0.3 is 41.0 Å². The number of primary amides is 1. The van der Waals surface area contributed by atoms with Crippen LogP contribution in [0.1, 0.15) is 114 Å². The first kappa shape index (κ1) is 52.1. The third-order valence-corrected chi connectivity index (χ3v) is 16.2. The summed E-state index contributed by atoms with van der Waals surface area (Å²) >= 11 is 0. The molecular weight excluding hydrogens is 987 g/mol. The average molecular weight is 1050 g/mol. The van der Waals surface area contributed by atoms with Crippen molar-refractivity contribution >= 4 is 64.1 Å². The number of benzene rings is 2. The molecule has 6 N–H and O–H groups in total. The van der Waals surface area contributed by atoms with Gasteiger partial charge in [0.1, 0.15) is 11.5 Å². The number of hydrogen-bond acceptors (Lipinski definition) is 15. The average Bonchev–Trinajstić information content (AvgIpc) is 4.01. The standard InChI is InChI=1S/C59H67N13O6/c1-34-24-39(16-19-68(34)40-10-11-43-44(27-40)56(76)72(55(43)75)41-14-17-62-50(28-41)59(5,6)61)67-20-21-69(35(2)32-67)47-12-9-38(25-36(47)8-13-51(60)74)65-52-54(78-7)64-31-46(66-52)42-15-18-63-53(45(42)33-73)71-23-22-70-48(57(71)77)26-37-29-58(3,4)30-49(37)70/h8-15,17-18,25-28,31,34-35,39,73H,16,19-24,29-30,32-33,61H2,1-7H3,(H2,60,74)(H,65,66)/t34-,35-,39?/m0/s1. The van der Waals surface area contributed by atoms with Crippen LogP contribution in [0.4, 0.5) is 34.4 Å². The molecule has 2 saturated heterocycles. The van der Waals surface area contributed by atoms with E-state index in [-0.39, 0.29) is 47.7 Å². The number of aliphatic hydroxyl groups is 1. The smallest absolute Gasteiger partial charge is 0.276 e. The van der Waals surface area contributed by atoms with Crippen molar-refractivity contribution in [3.8, 4) is 17.1 Å². The van der Waals surface area contributed by atoms with Crippen LogP contribution in [0.2, 0.25) is 0 Å². The zero-order chi connectivity index (χ0) is 54.9. The Labute approximate surface area is 453 Å². The molecule has 4 aromatic heterocycles. The topological polar surface area (TPSA) is 234 Å². The molecule has 78 heavy (non-hydrogen) atoms. The number of anilines is 6. The number of nitrogens with zero attached hydrogens (tertiary/aromatic N) is 10. The van der Waals surface area contributed by atoms with Crippen LogP contribution >= 0.6 is 0 Å². The van der Waals surface area contributed by atoms with Crippen LogP contribution in [0.5, 0.6) is 5.88 Å². The predicted molar refractivity (Wildman–Crippen MR) is 300 cm³/mol. The van der Waals surface area contributed by atoms with Gasteiger partial charge in [-0.05, 0) is 131 Å². The quantitative estimate of drug-likeness (QED) is 0.0686. The maximum atomic E-state index is 14.1. The molecule has 2 aromatic carbocycles. The Kier molecular flexibility index (Phi) is 13.4. The first-order valence-corrected chi connectivity index (χ1v) is 26.8. The first-order chi connectivity index (χ1) is 37.3. The summed E-state index contributed by atoms with van der Waals surface area (Å²) in [7, 11) is 1.51. The van der Waals surface area contributed by atoms with Crippen molar-refractivity contribution in [2.75, 3.05) is 64.8 Å². The van der Waals surface area contributed by atoms with E-state index >= 15 is 0 Å². The van der Waals surface area contributed by atoms with Crippen molar-refractivity contribution in [2.45, 2.75) is 104 Å². The summed E-state index contributed by atoms with van der Waals surface area (Å²) in [6, 6.07) is 19.3. The lowest BCUT2D eigenvalue weighted by Crippen LogP contribution is -2.58. The van der Waals surface area contributed by atoms with Gasteiger partial charge in [-0.1, -0.05) is 13.8 Å². The van der Waals surface area contributed by atoms with Gasteiger partial charge in [0.25, 0.3) is 23.6 Å². The van der Waals surface area contributed by atoms with Gasteiger partial charge in [-0.15, -0.1) is 0 Å². The molecule has 6 aromatic rings. The lowest BCUT2D eigenvalue weighted by atomic mass is 9.90. The van der Waals surface area contributed by atoms with E-state index in [2.05, 4.69) is 67.2 Å². The lowest BCUT2D eigenvalue weighted by Gasteiger charge is -2.48. The second-order valence-electron chi connectivity index (χ2n) is 22.7. The number of piperidine rings is 1. The second-order valence-corrected chi connectivity index (χ2v) is 22.7. The van der Waals surface area contributed by atoms with Crippen LogP contribution in [-0.2, 0) is 36.3 Å². The van der Waals surface area contributed by atoms with E-state index in [9.17, 15) is 24.3 Å². The van der Waals surface area contributed by atoms with E-state index in [1.54, 1.807) is 53.8 Å². The highest BCUT2D eigenvalue weighted by molar-refractivity contribution is 6.34. The molecule has 8 heterocycles. The van der Waals surface area contributed by atoms with Gasteiger partial charge in [-0.25, -0.2) is 19.9 Å². The summed E-state index contributed by atoms with van der Waals surface area (Å²) in [6.45, 7) is 16.5. The molecule has 2 fully saturated rings. The Hall–Kier alpha value is -8.00. The maximum Gasteiger partial charge on any atom is 0.276 e. The van der Waals surface area contributed by atoms with E-state index in [1.165, 1.54) is 29.3 Å². The number of hydrogen-bond donors (Lipinski definition) is 4. The molecule has 0 saturated carbocycles. The van der Waals surface area contributed by atoms with Crippen LogP contribution in [0.3, 0.4) is 0 Å². The Bertz CT molecular complexity index is 3440. The van der Waals surface area contributed by atoms with Crippen molar-refractivity contribution < 1.29 is 29.0 Å². The number of rotatable bonds is 13. The molecule has 11 rings (SSSR count). The highest BCUT2D eigenvalue weighted by atomic mass is 16.5. The number of nitrogens with two attached hydrogens (primary N) is 2. The fraction of sp³-hybridized carbons (Fsp3) is 0.390. The molecule has 4 amide bonds. The van der Waals surface area contributed by atoms with Crippen LogP contribution in [0.25, 0.3) is 17.3 Å². The Morgan fingerprint density at radius 3 is 2.40 bits per heavy atom. The Morgan fingerprint density at radius 1 is 0.859 bits per heavy atom. The van der Waals surface area contributed by atoms with Crippen LogP contribution in [-0.4, -0.2) is 116 Å². The fourth-order valence-corrected chi connectivity index (χ4v) is 12.4. The normalized spacial score (nSPS) is 20.4. The molecule has 4 aliphatic heterocycles. The molecule has 1 unspecified atom stereocenters. The van der Waals surface area contributed by atoms with Gasteiger partial charge in [0, 0.05) is 115 Å². The van der Waals surface area contributed by atoms with Gasteiger partial charge in [-0.3, -0.25) is 34.0 Å². The van der Waals surface area contributed by atoms with Crippen LogP contribution in [0, 0.1) is 5.41 Å². The minimum Gasteiger partial charge on any atom is -0.478 e. The summed E-state index contributed by atoms with van der Waals surface area (Å²) in [6.07, 6.45) is 11.6. The van der Waals surface area contributed by atoms with Gasteiger partial charge in [0.05, 0.1) is 53.7 Å². The third kappa shape index (κ3) is 9.53. The fourth-order valence-electron chi connectivity index (χ4n) is 12.4. The number of ether oxygens (including phenoxy) is 1. The number of amides is 4. The molecule has 19 nitrogen and oxygen atoms in total. The number of carbonyl (C=O) groups is 4. The van der Waals surface area contributed by atoms with Gasteiger partial charge in [0.15, 0.2) is 5.82 Å². The van der Waals surface area contributed by atoms with Crippen molar-refractivity contribution in [3.63, 3.8) is 0 Å². The summed E-state index contributed by atoms with van der Waals surface area (Å²) in [4.78, 5) is 82.5. The van der Waals surface area contributed by atoms with Crippen LogP contribution in [0.15, 0.2) is 85.3 Å². The van der Waals surface area contributed by atoms with Crippen molar-refractivity contribution in [1.29, 1.82) is 0 Å². The van der Waals surface area contributed by atoms with E-state index in [0.29, 0.717) is 81.5 Å². The predicted octanol–water partition coefficient (Wildman–Crippen LogP) is 6.83. The van der Waals surface area contributed by atoms with Crippen molar-refractivity contribution in [2.24, 2.45) is 16.9 Å². The minimum absolute atomic E-state index is 0.120. The number of carbonyl (C=O) groups excluding carboxylic acids is 4. The molecule has 0 bridgehead atoms. The molecule has 3 atom stereocenters. The molecule has 0 radical (unpaired) electrons. The number of aromatic nitrogens is 5. The molecule has 5 aliphatic rings. The third-order valence-electron chi connectivity index (χ3n) is 16.2. The van der Waals surface area contributed by atoms with E-state index in [1.807, 2.05) is 50.2 Å². The van der Waals surface area contributed by atoms with E-state index in [0.717, 1.165) is 68.8 Å². The van der Waals surface area contributed by atoms with Gasteiger partial charge >= 0.3 is 0 Å². The summed E-state index contributed by atoms with van der Waals surface area (Å²) in [5.41, 5.74) is 21.0. The van der Waals surface area contributed by atoms with Crippen LogP contribution < -0.4 is 41.1 Å². The minimum atomic E-state index is -0.742. The SMILES string of the molecule is COc1ncc(-c2ccnc(N3CCn4c(cc5c4CC(C)(C)C5)C3=O)c2CO)nc1Nc1ccc(N2CCN(C3CCN(c4ccc5c(c4)C(=O)N(c4ccnc(C(C)(C)N)c4)C5=O)[C@@H](C)C3)C[C@@H]2C)c(C=CC(N)=O)c1. The molecule has 19 heteroatoms. The Morgan fingerprint density at radius 2 is 1.65 bits per heavy atom. The first-order valence-electron chi connectivity index (χ1n) is 26.8. The summed E-state index contributed by atoms with van der Waals surface area (Å²) < 4.78 is 7.84. The van der Waals surface area contributed by atoms with E-state index < -0.39 is 11.4 Å². The van der Waals surface area contributed by atoms with E-state index in [4.69, 9.17) is 21.2 Å². The number of nitrogens with one attached hydrogen (secondary N) is 1. The monoisotopic (exact) mass is 1050 g/mol. The Balaban J connectivity index is 0.772. The molecule has 0 spiro atoms. The summed E-state index contributed by atoms with van der Waals surface area (Å²) in [5.74, 6) is -0.503. The van der Waals surface area contributed by atoms with Crippen molar-refractivity contribution in [1.82, 2.24) is 29.4 Å². The largest absolute Gasteiger partial charge is 0.478 e. The lowest BCUT2D eigenvalue weighted by molar-refractivity contribution is -0.113. The van der Waals surface area contributed by atoms with Gasteiger partial charge in [0.2, 0.25) is 5.91 Å². The molecular formula is C59H67N13O6. The number of pyridine rings is 2. The number of piperazine rings is 1. The highest BCUT2D eigenvalue weighted by Gasteiger charge is 2.41. The number of methoxy groups -OCH3 is 1. The van der Waals surface area contributed by atoms with Gasteiger partial charge in [-0.2, -0.15) is 0 Å². The number of aliphatic hydroxyl groups excluding tert-OH is 1. The zero-order valence-electron chi connectivity index (χ0n) is 45.3. The molecule has 1 aliphatic carbocycles. The zero-order valence-corrected chi connectivity index (χ0v) is 45.3. The van der Waals surface area contributed by atoms with Crippen molar-refractivity contribution in [3.05, 3.63) is 130 Å². The summed E-state index contributed by atoms with van der Waals surface area (Å²) in [5, 5.41) is 14.3. The molecule has 404 valence electrons. The number of imide groups is 1. The highest BCUT2D eigenvalue weighted by Crippen LogP contribution is 2.42. The second kappa shape index (κ2) is 20.1. The number of fused-ring (bicyclic) bond motifs is 4.